The number of piperidine rings is 1. The fourth-order valence-electron chi connectivity index (χ4n) is 4.22. The average Bonchev–Trinajstić information content (AvgIpc) is 3.17. The Kier molecular flexibility index (Phi) is 5.62. The molecule has 0 amide bonds. The molecular formula is C25H24ClFN4O. The molecule has 0 bridgehead atoms. The largest absolute Gasteiger partial charge is 0.490 e. The number of hydrogen-bond donors (Lipinski definition) is 2. The van der Waals surface area contributed by atoms with Gasteiger partial charge < -0.3 is 19.9 Å². The third kappa shape index (κ3) is 4.23. The molecule has 1 saturated heterocycles. The van der Waals surface area contributed by atoms with Gasteiger partial charge in [0.2, 0.25) is 0 Å². The molecule has 3 heterocycles. The van der Waals surface area contributed by atoms with Gasteiger partial charge in [0, 0.05) is 65.7 Å². The minimum atomic E-state index is -0.244. The molecule has 2 N–H and O–H groups in total. The van der Waals surface area contributed by atoms with Gasteiger partial charge in [-0.1, -0.05) is 11.6 Å². The summed E-state index contributed by atoms with van der Waals surface area (Å²) in [5.74, 6) is 1.41. The molecule has 4 aromatic rings. The molecule has 0 spiro atoms. The minimum Gasteiger partial charge on any atom is -0.490 e. The first kappa shape index (κ1) is 20.6. The van der Waals surface area contributed by atoms with Crippen LogP contribution in [0.15, 0.2) is 60.9 Å². The van der Waals surface area contributed by atoms with Crippen LogP contribution in [-0.4, -0.2) is 29.2 Å². The van der Waals surface area contributed by atoms with Crippen molar-refractivity contribution >= 4 is 39.7 Å². The summed E-state index contributed by atoms with van der Waals surface area (Å²) >= 11 is 5.96. The highest BCUT2D eigenvalue weighted by atomic mass is 35.5. The van der Waals surface area contributed by atoms with Crippen molar-refractivity contribution in [3.63, 3.8) is 0 Å². The van der Waals surface area contributed by atoms with Gasteiger partial charge in [0.05, 0.1) is 5.52 Å². The van der Waals surface area contributed by atoms with Gasteiger partial charge >= 0.3 is 0 Å². The Balaban J connectivity index is 1.26. The summed E-state index contributed by atoms with van der Waals surface area (Å²) in [7, 11) is 0. The first-order valence-corrected chi connectivity index (χ1v) is 11.1. The van der Waals surface area contributed by atoms with Crippen molar-refractivity contribution in [3.8, 4) is 5.75 Å². The van der Waals surface area contributed by atoms with Gasteiger partial charge in [-0.05, 0) is 55.5 Å². The van der Waals surface area contributed by atoms with Crippen LogP contribution in [0.3, 0.4) is 0 Å². The van der Waals surface area contributed by atoms with Crippen LogP contribution in [0.1, 0.15) is 18.4 Å². The first-order valence-electron chi connectivity index (χ1n) is 10.7. The number of halogens is 2. The molecule has 5 rings (SSSR count). The lowest BCUT2D eigenvalue weighted by atomic mass is 10.1. The lowest BCUT2D eigenvalue weighted by Gasteiger charge is -2.34. The van der Waals surface area contributed by atoms with Crippen LogP contribution in [0.2, 0.25) is 5.02 Å². The molecule has 5 nitrogen and oxygen atoms in total. The average molecular weight is 451 g/mol. The van der Waals surface area contributed by atoms with Gasteiger partial charge in [-0.3, -0.25) is 0 Å². The summed E-state index contributed by atoms with van der Waals surface area (Å²) in [6.45, 7) is 3.90. The second-order valence-electron chi connectivity index (χ2n) is 8.08. The lowest BCUT2D eigenvalue weighted by molar-refractivity contribution is 0.171. The van der Waals surface area contributed by atoms with Crippen LogP contribution >= 0.6 is 11.6 Å². The Labute approximate surface area is 191 Å². The van der Waals surface area contributed by atoms with Gasteiger partial charge in [-0.25, -0.2) is 9.37 Å². The topological polar surface area (TPSA) is 53.2 Å². The maximum absolute atomic E-state index is 13.7. The molecule has 2 aromatic carbocycles. The molecule has 1 fully saturated rings. The van der Waals surface area contributed by atoms with Gasteiger partial charge in [-0.15, -0.1) is 0 Å². The number of nitrogens with zero attached hydrogens (tertiary/aromatic N) is 2. The number of aromatic amines is 1. The molecule has 0 unspecified atom stereocenters. The van der Waals surface area contributed by atoms with Gasteiger partial charge in [0.25, 0.3) is 0 Å². The third-order valence-corrected chi connectivity index (χ3v) is 6.22. The molecule has 0 radical (unpaired) electrons. The smallest absolute Gasteiger partial charge is 0.148 e. The summed E-state index contributed by atoms with van der Waals surface area (Å²) in [5, 5.41) is 4.68. The van der Waals surface area contributed by atoms with E-state index in [1.807, 2.05) is 42.6 Å². The van der Waals surface area contributed by atoms with E-state index in [4.69, 9.17) is 16.3 Å². The highest BCUT2D eigenvalue weighted by Gasteiger charge is 2.22. The summed E-state index contributed by atoms with van der Waals surface area (Å²) in [6, 6.07) is 15.1. The first-order chi connectivity index (χ1) is 15.6. The summed E-state index contributed by atoms with van der Waals surface area (Å²) in [5.41, 5.74) is 3.87. The third-order valence-electron chi connectivity index (χ3n) is 5.97. The normalized spacial score (nSPS) is 14.7. The number of fused-ring (bicyclic) bond motifs is 1. The van der Waals surface area contributed by atoms with E-state index < -0.39 is 0 Å². The minimum absolute atomic E-state index is 0.195. The molecule has 7 heteroatoms. The lowest BCUT2D eigenvalue weighted by Crippen LogP contribution is -2.38. The maximum Gasteiger partial charge on any atom is 0.148 e. The van der Waals surface area contributed by atoms with E-state index in [0.717, 1.165) is 54.3 Å². The fourth-order valence-corrected chi connectivity index (χ4v) is 4.35. The van der Waals surface area contributed by atoms with Crippen LogP contribution in [0, 0.1) is 12.7 Å². The number of anilines is 3. The zero-order chi connectivity index (χ0) is 22.1. The molecule has 2 aromatic heterocycles. The van der Waals surface area contributed by atoms with Crippen molar-refractivity contribution < 1.29 is 9.13 Å². The SMILES string of the molecule is Cc1c(N2CCC(Oc3ccc(Cl)cc3)CC2)ccnc1Nc1ccc2c(F)c[nH]c2c1. The summed E-state index contributed by atoms with van der Waals surface area (Å²) in [4.78, 5) is 9.87. The number of H-pyrrole nitrogens is 1. The van der Waals surface area contributed by atoms with Crippen molar-refractivity contribution in [2.75, 3.05) is 23.3 Å². The Bertz CT molecular complexity index is 1230. The zero-order valence-electron chi connectivity index (χ0n) is 17.7. The Morgan fingerprint density at radius 2 is 1.91 bits per heavy atom. The van der Waals surface area contributed by atoms with E-state index in [9.17, 15) is 4.39 Å². The standard InChI is InChI=1S/C25H24ClFN4O/c1-16-24(31-12-9-20(10-13-31)32-19-5-2-17(26)3-6-19)8-11-28-25(16)30-18-4-7-21-22(27)15-29-23(21)14-18/h2-8,11,14-15,20,29H,9-10,12-13H2,1H3,(H,28,30). The van der Waals surface area contributed by atoms with E-state index in [-0.39, 0.29) is 11.9 Å². The zero-order valence-corrected chi connectivity index (χ0v) is 18.5. The van der Waals surface area contributed by atoms with E-state index in [1.54, 1.807) is 6.07 Å². The predicted molar refractivity (Wildman–Crippen MR) is 128 cm³/mol. The van der Waals surface area contributed by atoms with Crippen LogP contribution in [0.5, 0.6) is 5.75 Å². The Hall–Kier alpha value is -3.25. The molecule has 0 atom stereocenters. The van der Waals surface area contributed by atoms with Crippen molar-refractivity contribution in [3.05, 3.63) is 77.3 Å². The van der Waals surface area contributed by atoms with Crippen LogP contribution < -0.4 is 15.0 Å². The van der Waals surface area contributed by atoms with Crippen LogP contribution in [0.4, 0.5) is 21.6 Å². The quantitative estimate of drug-likeness (QED) is 0.366. The number of benzene rings is 2. The number of pyridine rings is 1. The van der Waals surface area contributed by atoms with Crippen LogP contribution in [-0.2, 0) is 0 Å². The number of aromatic nitrogens is 2. The maximum atomic E-state index is 13.7. The fraction of sp³-hybridized carbons (Fsp3) is 0.240. The Morgan fingerprint density at radius 3 is 2.69 bits per heavy atom. The molecule has 0 aliphatic carbocycles. The van der Waals surface area contributed by atoms with Crippen LogP contribution in [0.25, 0.3) is 10.9 Å². The van der Waals surface area contributed by atoms with Gasteiger partial charge in [0.15, 0.2) is 0 Å². The second-order valence-corrected chi connectivity index (χ2v) is 8.52. The van der Waals surface area contributed by atoms with E-state index >= 15 is 0 Å². The van der Waals surface area contributed by atoms with Crippen molar-refractivity contribution in [1.29, 1.82) is 0 Å². The second kappa shape index (κ2) is 8.71. The molecule has 164 valence electrons. The van der Waals surface area contributed by atoms with E-state index in [2.05, 4.69) is 33.2 Å². The summed E-state index contributed by atoms with van der Waals surface area (Å²) < 4.78 is 19.8. The highest BCUT2D eigenvalue weighted by molar-refractivity contribution is 6.30. The van der Waals surface area contributed by atoms with Gasteiger partial charge in [0.1, 0.15) is 23.5 Å². The summed E-state index contributed by atoms with van der Waals surface area (Å²) in [6.07, 6.45) is 5.29. The Morgan fingerprint density at radius 1 is 1.12 bits per heavy atom. The molecule has 32 heavy (non-hydrogen) atoms. The van der Waals surface area contributed by atoms with Crippen molar-refractivity contribution in [2.24, 2.45) is 0 Å². The number of ether oxygens (including phenoxy) is 1. The molecular weight excluding hydrogens is 427 g/mol. The van der Waals surface area contributed by atoms with Gasteiger partial charge in [-0.2, -0.15) is 0 Å². The monoisotopic (exact) mass is 450 g/mol. The predicted octanol–water partition coefficient (Wildman–Crippen LogP) is 6.46. The van der Waals surface area contributed by atoms with E-state index in [1.165, 1.54) is 11.9 Å². The number of nitrogens with one attached hydrogen (secondary N) is 2. The van der Waals surface area contributed by atoms with Crippen molar-refractivity contribution in [1.82, 2.24) is 9.97 Å². The molecule has 1 aliphatic heterocycles. The molecule has 0 saturated carbocycles. The van der Waals surface area contributed by atoms with Crippen molar-refractivity contribution in [2.45, 2.75) is 25.9 Å². The van der Waals surface area contributed by atoms with E-state index in [0.29, 0.717) is 10.4 Å². The molecule has 1 aliphatic rings. The number of hydrogen-bond acceptors (Lipinski definition) is 4. The highest BCUT2D eigenvalue weighted by Crippen LogP contribution is 2.31. The number of rotatable bonds is 5.